The van der Waals surface area contributed by atoms with Crippen LogP contribution in [0.5, 0.6) is 11.5 Å². The van der Waals surface area contributed by atoms with Gasteiger partial charge in [-0.15, -0.1) is 0 Å². The van der Waals surface area contributed by atoms with Gasteiger partial charge in [0.15, 0.2) is 17.3 Å². The minimum atomic E-state index is -0.568. The SMILES string of the molecule is CC(=O)c1cc2c(cc1NC(=O)Cn1c(Nc3cccc(F)c3)nc(C)cc1=O)OCO2. The fraction of sp³-hybridized carbons (Fsp3) is 0.182. The lowest BCUT2D eigenvalue weighted by atomic mass is 10.1. The van der Waals surface area contributed by atoms with E-state index in [1.165, 1.54) is 43.3 Å². The average molecular weight is 438 g/mol. The molecule has 4 rings (SSSR count). The fourth-order valence-corrected chi connectivity index (χ4v) is 3.23. The highest BCUT2D eigenvalue weighted by atomic mass is 19.1. The van der Waals surface area contributed by atoms with Crippen LogP contribution in [0.1, 0.15) is 23.0 Å². The van der Waals surface area contributed by atoms with Crippen molar-refractivity contribution in [3.05, 3.63) is 69.9 Å². The lowest BCUT2D eigenvalue weighted by Gasteiger charge is -2.15. The number of anilines is 3. The Bertz CT molecular complexity index is 1290. The van der Waals surface area contributed by atoms with Crippen molar-refractivity contribution >= 4 is 29.0 Å². The Labute approximate surface area is 181 Å². The van der Waals surface area contributed by atoms with Crippen LogP contribution in [0, 0.1) is 12.7 Å². The first-order chi connectivity index (χ1) is 15.3. The van der Waals surface area contributed by atoms with E-state index in [2.05, 4.69) is 15.6 Å². The van der Waals surface area contributed by atoms with Crippen molar-refractivity contribution < 1.29 is 23.5 Å². The number of Topliss-reactive ketones (excluding diaryl/α,β-unsaturated/α-hetero) is 1. The molecule has 0 radical (unpaired) electrons. The van der Waals surface area contributed by atoms with E-state index in [0.717, 1.165) is 4.57 Å². The Morgan fingerprint density at radius 1 is 1.16 bits per heavy atom. The van der Waals surface area contributed by atoms with Gasteiger partial charge in [0, 0.05) is 29.1 Å². The van der Waals surface area contributed by atoms with E-state index in [0.29, 0.717) is 22.9 Å². The number of fused-ring (bicyclic) bond motifs is 1. The van der Waals surface area contributed by atoms with Gasteiger partial charge < -0.3 is 20.1 Å². The zero-order chi connectivity index (χ0) is 22.8. The standard InChI is InChI=1S/C22H19FN4O5/c1-12-6-21(30)27(22(24-12)25-15-5-3-4-14(23)7-15)10-20(29)26-17-9-19-18(31-11-32-19)8-16(17)13(2)28/h3-9H,10-11H2,1-2H3,(H,24,25)(H,26,29). The number of amides is 1. The molecule has 164 valence electrons. The first kappa shape index (κ1) is 21.0. The van der Waals surface area contributed by atoms with Crippen LogP contribution in [-0.4, -0.2) is 28.0 Å². The minimum absolute atomic E-state index is 0.0175. The van der Waals surface area contributed by atoms with Crippen molar-refractivity contribution in [2.45, 2.75) is 20.4 Å². The molecule has 2 heterocycles. The molecular weight excluding hydrogens is 419 g/mol. The number of carbonyl (C=O) groups is 2. The lowest BCUT2D eigenvalue weighted by Crippen LogP contribution is -2.30. The van der Waals surface area contributed by atoms with Crippen LogP contribution in [0.25, 0.3) is 0 Å². The van der Waals surface area contributed by atoms with E-state index >= 15 is 0 Å². The van der Waals surface area contributed by atoms with Crippen molar-refractivity contribution in [2.24, 2.45) is 0 Å². The second-order valence-electron chi connectivity index (χ2n) is 7.14. The maximum absolute atomic E-state index is 13.5. The van der Waals surface area contributed by atoms with Crippen molar-refractivity contribution in [3.8, 4) is 11.5 Å². The number of benzene rings is 2. The van der Waals surface area contributed by atoms with Gasteiger partial charge in [0.25, 0.3) is 5.56 Å². The van der Waals surface area contributed by atoms with E-state index in [4.69, 9.17) is 9.47 Å². The maximum Gasteiger partial charge on any atom is 0.255 e. The molecule has 1 aliphatic heterocycles. The highest BCUT2D eigenvalue weighted by molar-refractivity contribution is 6.04. The zero-order valence-electron chi connectivity index (χ0n) is 17.3. The molecule has 0 saturated heterocycles. The molecule has 10 heteroatoms. The van der Waals surface area contributed by atoms with E-state index in [9.17, 15) is 18.8 Å². The van der Waals surface area contributed by atoms with E-state index in [1.807, 2.05) is 0 Å². The molecule has 9 nitrogen and oxygen atoms in total. The molecule has 2 N–H and O–H groups in total. The first-order valence-electron chi connectivity index (χ1n) is 9.65. The molecule has 3 aromatic rings. The molecule has 1 aromatic heterocycles. The third kappa shape index (κ3) is 4.43. The summed E-state index contributed by atoms with van der Waals surface area (Å²) in [6, 6.07) is 9.92. The molecule has 0 atom stereocenters. The van der Waals surface area contributed by atoms with Crippen LogP contribution in [0.2, 0.25) is 0 Å². The third-order valence-corrected chi connectivity index (χ3v) is 4.68. The molecule has 0 unspecified atom stereocenters. The molecule has 0 bridgehead atoms. The molecule has 1 aliphatic rings. The summed E-state index contributed by atoms with van der Waals surface area (Å²) in [5.74, 6) is -0.425. The van der Waals surface area contributed by atoms with Crippen molar-refractivity contribution in [1.82, 2.24) is 9.55 Å². The second kappa shape index (κ2) is 8.50. The van der Waals surface area contributed by atoms with Gasteiger partial charge in [-0.1, -0.05) is 6.07 Å². The number of hydrogen-bond donors (Lipinski definition) is 2. The molecule has 2 aromatic carbocycles. The summed E-state index contributed by atoms with van der Waals surface area (Å²) in [6.45, 7) is 2.62. The van der Waals surface area contributed by atoms with Crippen LogP contribution < -0.4 is 25.7 Å². The summed E-state index contributed by atoms with van der Waals surface area (Å²) in [7, 11) is 0. The molecular formula is C22H19FN4O5. The third-order valence-electron chi connectivity index (χ3n) is 4.68. The highest BCUT2D eigenvalue weighted by Gasteiger charge is 2.21. The summed E-state index contributed by atoms with van der Waals surface area (Å²) >= 11 is 0. The van der Waals surface area contributed by atoms with Crippen LogP contribution in [0.15, 0.2) is 47.3 Å². The molecule has 1 amide bonds. The highest BCUT2D eigenvalue weighted by Crippen LogP contribution is 2.37. The summed E-state index contributed by atoms with van der Waals surface area (Å²) in [6.07, 6.45) is 0. The predicted octanol–water partition coefficient (Wildman–Crippen LogP) is 3.00. The normalized spacial score (nSPS) is 11.8. The Kier molecular flexibility index (Phi) is 5.59. The number of nitrogens with zero attached hydrogens (tertiary/aromatic N) is 2. The largest absolute Gasteiger partial charge is 0.454 e. The topological polar surface area (TPSA) is 112 Å². The van der Waals surface area contributed by atoms with Crippen molar-refractivity contribution in [3.63, 3.8) is 0 Å². The maximum atomic E-state index is 13.5. The second-order valence-corrected chi connectivity index (χ2v) is 7.14. The van der Waals surface area contributed by atoms with E-state index < -0.39 is 23.8 Å². The number of aryl methyl sites for hydroxylation is 1. The number of nitrogens with one attached hydrogen (secondary N) is 2. The predicted molar refractivity (Wildman–Crippen MR) is 114 cm³/mol. The quantitative estimate of drug-likeness (QED) is 0.569. The van der Waals surface area contributed by atoms with Gasteiger partial charge >= 0.3 is 0 Å². The van der Waals surface area contributed by atoms with Gasteiger partial charge in [-0.05, 0) is 38.1 Å². The molecule has 0 spiro atoms. The van der Waals surface area contributed by atoms with Gasteiger partial charge in [-0.3, -0.25) is 19.0 Å². The molecule has 0 aliphatic carbocycles. The Morgan fingerprint density at radius 2 is 1.91 bits per heavy atom. The summed E-state index contributed by atoms with van der Waals surface area (Å²) in [5.41, 5.74) is 0.810. The fourth-order valence-electron chi connectivity index (χ4n) is 3.23. The number of hydrogen-bond acceptors (Lipinski definition) is 7. The number of rotatable bonds is 6. The Morgan fingerprint density at radius 3 is 2.62 bits per heavy atom. The minimum Gasteiger partial charge on any atom is -0.454 e. The molecule has 0 saturated carbocycles. The van der Waals surface area contributed by atoms with Gasteiger partial charge in [0.1, 0.15) is 12.4 Å². The van der Waals surface area contributed by atoms with Gasteiger partial charge in [-0.25, -0.2) is 9.37 Å². The smallest absolute Gasteiger partial charge is 0.255 e. The zero-order valence-corrected chi connectivity index (χ0v) is 17.3. The Balaban J connectivity index is 1.61. The number of carbonyl (C=O) groups excluding carboxylic acids is 2. The summed E-state index contributed by atoms with van der Waals surface area (Å²) in [5, 5.41) is 5.51. The summed E-state index contributed by atoms with van der Waals surface area (Å²) < 4.78 is 25.2. The summed E-state index contributed by atoms with van der Waals surface area (Å²) in [4.78, 5) is 41.7. The number of halogens is 1. The number of ketones is 1. The van der Waals surface area contributed by atoms with E-state index in [-0.39, 0.29) is 29.8 Å². The van der Waals surface area contributed by atoms with Crippen LogP contribution in [-0.2, 0) is 11.3 Å². The van der Waals surface area contributed by atoms with Gasteiger partial charge in [-0.2, -0.15) is 0 Å². The van der Waals surface area contributed by atoms with Gasteiger partial charge in [0.2, 0.25) is 18.6 Å². The number of ether oxygens (including phenoxy) is 2. The Hall–Kier alpha value is -4.21. The van der Waals surface area contributed by atoms with Crippen LogP contribution in [0.3, 0.4) is 0 Å². The number of aromatic nitrogens is 2. The van der Waals surface area contributed by atoms with Crippen molar-refractivity contribution in [1.29, 1.82) is 0 Å². The van der Waals surface area contributed by atoms with Crippen LogP contribution >= 0.6 is 0 Å². The average Bonchev–Trinajstić information content (AvgIpc) is 3.17. The lowest BCUT2D eigenvalue weighted by molar-refractivity contribution is -0.116. The van der Waals surface area contributed by atoms with E-state index in [1.54, 1.807) is 13.0 Å². The molecule has 0 fully saturated rings. The first-order valence-corrected chi connectivity index (χ1v) is 9.65. The van der Waals surface area contributed by atoms with Crippen molar-refractivity contribution in [2.75, 3.05) is 17.4 Å². The van der Waals surface area contributed by atoms with Gasteiger partial charge in [0.05, 0.1) is 5.69 Å². The monoisotopic (exact) mass is 438 g/mol. The van der Waals surface area contributed by atoms with Crippen LogP contribution in [0.4, 0.5) is 21.7 Å². The molecule has 32 heavy (non-hydrogen) atoms.